The third-order valence-corrected chi connectivity index (χ3v) is 4.66. The second kappa shape index (κ2) is 9.41. The van der Waals surface area contributed by atoms with E-state index in [-0.39, 0.29) is 36.2 Å². The highest BCUT2D eigenvalue weighted by Gasteiger charge is 2.36. The smallest absolute Gasteiger partial charge is 0.410 e. The standard InChI is InChI=1S/C19H35NO5/c1-8-9-14(20(6)18(22)25-19(3,4)5)12-15-10-11-16(24-15)13(2)17(21)23-7/h13-16H,8-12H2,1-7H3/t13-,14-,15+,16-/m1/s1. The van der Waals surface area contributed by atoms with Gasteiger partial charge in [0, 0.05) is 13.1 Å². The predicted molar refractivity (Wildman–Crippen MR) is 96.4 cm³/mol. The summed E-state index contributed by atoms with van der Waals surface area (Å²) in [6.07, 6.45) is 4.02. The van der Waals surface area contributed by atoms with Gasteiger partial charge in [-0.3, -0.25) is 4.79 Å². The summed E-state index contributed by atoms with van der Waals surface area (Å²) >= 11 is 0. The largest absolute Gasteiger partial charge is 0.469 e. The Balaban J connectivity index is 2.63. The van der Waals surface area contributed by atoms with E-state index in [1.165, 1.54) is 7.11 Å². The van der Waals surface area contributed by atoms with Crippen LogP contribution in [0.5, 0.6) is 0 Å². The van der Waals surface area contributed by atoms with E-state index in [4.69, 9.17) is 14.2 Å². The molecule has 1 aliphatic heterocycles. The Morgan fingerprint density at radius 1 is 1.28 bits per heavy atom. The molecule has 1 aliphatic rings. The minimum absolute atomic E-state index is 0.0542. The molecule has 1 amide bonds. The first kappa shape index (κ1) is 21.7. The highest BCUT2D eigenvalue weighted by molar-refractivity contribution is 5.72. The van der Waals surface area contributed by atoms with Crippen LogP contribution in [0.2, 0.25) is 0 Å². The number of hydrogen-bond acceptors (Lipinski definition) is 5. The molecule has 1 saturated heterocycles. The van der Waals surface area contributed by atoms with Crippen molar-refractivity contribution in [2.24, 2.45) is 5.92 Å². The maximum absolute atomic E-state index is 12.4. The van der Waals surface area contributed by atoms with Crippen LogP contribution in [0.4, 0.5) is 4.79 Å². The quantitative estimate of drug-likeness (QED) is 0.649. The number of ether oxygens (including phenoxy) is 3. The molecule has 1 fully saturated rings. The lowest BCUT2D eigenvalue weighted by molar-refractivity contribution is -0.150. The van der Waals surface area contributed by atoms with E-state index in [9.17, 15) is 9.59 Å². The molecule has 0 saturated carbocycles. The molecule has 0 aliphatic carbocycles. The first-order valence-corrected chi connectivity index (χ1v) is 9.28. The molecule has 0 radical (unpaired) electrons. The van der Waals surface area contributed by atoms with Crippen LogP contribution >= 0.6 is 0 Å². The van der Waals surface area contributed by atoms with Gasteiger partial charge in [-0.05, 0) is 53.4 Å². The van der Waals surface area contributed by atoms with Gasteiger partial charge >= 0.3 is 12.1 Å². The Bertz CT molecular complexity index is 446. The minimum atomic E-state index is -0.507. The van der Waals surface area contributed by atoms with Crippen molar-refractivity contribution in [1.29, 1.82) is 0 Å². The lowest BCUT2D eigenvalue weighted by Crippen LogP contribution is -2.42. The number of nitrogens with zero attached hydrogens (tertiary/aromatic N) is 1. The zero-order valence-electron chi connectivity index (χ0n) is 16.8. The van der Waals surface area contributed by atoms with E-state index in [0.717, 1.165) is 32.1 Å². The number of methoxy groups -OCH3 is 1. The highest BCUT2D eigenvalue weighted by atomic mass is 16.6. The Morgan fingerprint density at radius 3 is 2.44 bits per heavy atom. The van der Waals surface area contributed by atoms with Gasteiger partial charge in [-0.1, -0.05) is 13.3 Å². The molecule has 0 aromatic carbocycles. The first-order chi connectivity index (χ1) is 11.6. The van der Waals surface area contributed by atoms with E-state index in [2.05, 4.69) is 6.92 Å². The third-order valence-electron chi connectivity index (χ3n) is 4.66. The fraction of sp³-hybridized carbons (Fsp3) is 0.895. The molecule has 4 atom stereocenters. The summed E-state index contributed by atoms with van der Waals surface area (Å²) in [5.41, 5.74) is -0.507. The second-order valence-electron chi connectivity index (χ2n) is 7.96. The van der Waals surface area contributed by atoms with E-state index in [0.29, 0.717) is 0 Å². The molecular weight excluding hydrogens is 322 g/mol. The Kier molecular flexibility index (Phi) is 8.19. The topological polar surface area (TPSA) is 65.1 Å². The van der Waals surface area contributed by atoms with Crippen LogP contribution in [0.3, 0.4) is 0 Å². The third kappa shape index (κ3) is 6.84. The minimum Gasteiger partial charge on any atom is -0.469 e. The highest BCUT2D eigenvalue weighted by Crippen LogP contribution is 2.30. The van der Waals surface area contributed by atoms with Crippen LogP contribution in [0.25, 0.3) is 0 Å². The number of rotatable bonds is 7. The molecule has 0 bridgehead atoms. The van der Waals surface area contributed by atoms with Crippen LogP contribution in [0.15, 0.2) is 0 Å². The van der Waals surface area contributed by atoms with Gasteiger partial charge in [0.25, 0.3) is 0 Å². The Morgan fingerprint density at radius 2 is 1.92 bits per heavy atom. The van der Waals surface area contributed by atoms with Crippen molar-refractivity contribution in [1.82, 2.24) is 4.90 Å². The molecule has 6 nitrogen and oxygen atoms in total. The second-order valence-corrected chi connectivity index (χ2v) is 7.96. The fourth-order valence-electron chi connectivity index (χ4n) is 3.20. The van der Waals surface area contributed by atoms with Gasteiger partial charge in [0.2, 0.25) is 0 Å². The molecule has 0 N–H and O–H groups in total. The molecule has 0 aromatic heterocycles. The number of carbonyl (C=O) groups is 2. The van der Waals surface area contributed by atoms with Crippen LogP contribution in [0.1, 0.15) is 66.7 Å². The summed E-state index contributed by atoms with van der Waals surface area (Å²) in [5, 5.41) is 0. The molecule has 1 heterocycles. The summed E-state index contributed by atoms with van der Waals surface area (Å²) in [5.74, 6) is -0.496. The Labute approximate surface area is 152 Å². The maximum Gasteiger partial charge on any atom is 0.410 e. The van der Waals surface area contributed by atoms with Crippen LogP contribution in [-0.4, -0.2) is 55.0 Å². The lowest BCUT2D eigenvalue weighted by atomic mass is 9.99. The molecule has 0 unspecified atom stereocenters. The molecule has 0 aromatic rings. The molecule has 146 valence electrons. The van der Waals surface area contributed by atoms with E-state index >= 15 is 0 Å². The van der Waals surface area contributed by atoms with Crippen molar-refractivity contribution in [3.63, 3.8) is 0 Å². The molecule has 6 heteroatoms. The van der Waals surface area contributed by atoms with Crippen molar-refractivity contribution >= 4 is 12.1 Å². The van der Waals surface area contributed by atoms with Gasteiger partial charge in [-0.2, -0.15) is 0 Å². The average molecular weight is 357 g/mol. The SMILES string of the molecule is CCC[C@H](C[C@@H]1CC[C@H]([C@@H](C)C(=O)OC)O1)N(C)C(=O)OC(C)(C)C. The fourth-order valence-corrected chi connectivity index (χ4v) is 3.20. The molecular formula is C19H35NO5. The normalized spacial score (nSPS) is 23.0. The lowest BCUT2D eigenvalue weighted by Gasteiger charge is -2.32. The first-order valence-electron chi connectivity index (χ1n) is 9.28. The van der Waals surface area contributed by atoms with E-state index < -0.39 is 5.60 Å². The van der Waals surface area contributed by atoms with E-state index in [1.54, 1.807) is 11.9 Å². The van der Waals surface area contributed by atoms with Gasteiger partial charge < -0.3 is 19.1 Å². The number of esters is 1. The summed E-state index contributed by atoms with van der Waals surface area (Å²) in [6.45, 7) is 9.55. The van der Waals surface area contributed by atoms with Gasteiger partial charge in [-0.25, -0.2) is 4.79 Å². The monoisotopic (exact) mass is 357 g/mol. The Hall–Kier alpha value is -1.30. The molecule has 1 rings (SSSR count). The van der Waals surface area contributed by atoms with Crippen molar-refractivity contribution in [3.8, 4) is 0 Å². The number of hydrogen-bond donors (Lipinski definition) is 0. The van der Waals surface area contributed by atoms with Crippen molar-refractivity contribution in [2.75, 3.05) is 14.2 Å². The zero-order chi connectivity index (χ0) is 19.2. The van der Waals surface area contributed by atoms with Gasteiger partial charge in [-0.15, -0.1) is 0 Å². The summed E-state index contributed by atoms with van der Waals surface area (Å²) in [6, 6.07) is 0.0667. The maximum atomic E-state index is 12.4. The molecule has 0 spiro atoms. The summed E-state index contributed by atoms with van der Waals surface area (Å²) < 4.78 is 16.4. The van der Waals surface area contributed by atoms with Gasteiger partial charge in [0.15, 0.2) is 0 Å². The van der Waals surface area contributed by atoms with Crippen molar-refractivity contribution < 1.29 is 23.8 Å². The summed E-state index contributed by atoms with van der Waals surface area (Å²) in [4.78, 5) is 25.7. The molecule has 25 heavy (non-hydrogen) atoms. The van der Waals surface area contributed by atoms with E-state index in [1.807, 2.05) is 27.7 Å². The number of carbonyl (C=O) groups excluding carboxylic acids is 2. The van der Waals surface area contributed by atoms with Crippen LogP contribution in [-0.2, 0) is 19.0 Å². The van der Waals surface area contributed by atoms with Crippen molar-refractivity contribution in [3.05, 3.63) is 0 Å². The van der Waals surface area contributed by atoms with Gasteiger partial charge in [0.1, 0.15) is 5.60 Å². The van der Waals surface area contributed by atoms with Crippen LogP contribution < -0.4 is 0 Å². The van der Waals surface area contributed by atoms with Crippen LogP contribution in [0, 0.1) is 5.92 Å². The zero-order valence-corrected chi connectivity index (χ0v) is 16.8. The predicted octanol–water partition coefficient (Wildman–Crippen LogP) is 3.77. The van der Waals surface area contributed by atoms with Crippen molar-refractivity contribution in [2.45, 2.75) is 90.6 Å². The number of amides is 1. The average Bonchev–Trinajstić information content (AvgIpc) is 2.99. The van der Waals surface area contributed by atoms with Gasteiger partial charge in [0.05, 0.1) is 25.2 Å². The summed E-state index contributed by atoms with van der Waals surface area (Å²) in [7, 11) is 3.19.